The van der Waals surface area contributed by atoms with Gasteiger partial charge in [-0.25, -0.2) is 0 Å². The van der Waals surface area contributed by atoms with Gasteiger partial charge in [-0.1, -0.05) is 12.1 Å². The molecular weight excluding hydrogens is 358 g/mol. The molecular formula is C18H26ClN3O4. The zero-order valence-corrected chi connectivity index (χ0v) is 15.6. The molecule has 0 saturated carbocycles. The van der Waals surface area contributed by atoms with Crippen LogP contribution in [0.25, 0.3) is 0 Å². The molecule has 2 saturated heterocycles. The number of amides is 2. The van der Waals surface area contributed by atoms with Gasteiger partial charge in [0.2, 0.25) is 11.8 Å². The molecule has 8 heteroatoms. The van der Waals surface area contributed by atoms with E-state index in [-0.39, 0.29) is 30.3 Å². The number of ether oxygens (including phenoxy) is 2. The maximum atomic E-state index is 12.2. The molecule has 1 atom stereocenters. The number of morpholine rings is 2. The summed E-state index contributed by atoms with van der Waals surface area (Å²) < 4.78 is 10.6. The van der Waals surface area contributed by atoms with Crippen LogP contribution in [-0.4, -0.2) is 68.8 Å². The fourth-order valence-electron chi connectivity index (χ4n) is 2.99. The van der Waals surface area contributed by atoms with Crippen LogP contribution in [-0.2, 0) is 25.5 Å². The Labute approximate surface area is 159 Å². The van der Waals surface area contributed by atoms with Crippen LogP contribution in [0.4, 0.5) is 5.69 Å². The van der Waals surface area contributed by atoms with Crippen molar-refractivity contribution in [2.24, 2.45) is 0 Å². The minimum Gasteiger partial charge on any atom is -0.378 e. The Kier molecular flexibility index (Phi) is 8.31. The van der Waals surface area contributed by atoms with Crippen LogP contribution >= 0.6 is 12.4 Å². The molecule has 3 rings (SSSR count). The molecule has 2 aliphatic heterocycles. The third-order valence-corrected chi connectivity index (χ3v) is 4.39. The van der Waals surface area contributed by atoms with E-state index in [4.69, 9.17) is 9.47 Å². The van der Waals surface area contributed by atoms with E-state index in [2.05, 4.69) is 10.6 Å². The van der Waals surface area contributed by atoms with Crippen LogP contribution in [0, 0.1) is 0 Å². The molecule has 0 aromatic heterocycles. The normalized spacial score (nSPS) is 20.2. The fourth-order valence-corrected chi connectivity index (χ4v) is 2.99. The number of nitrogens with zero attached hydrogens (tertiary/aromatic N) is 1. The SMILES string of the molecule is Cl.O=C(CC1COCCN1)Nc1ccc(CC(=O)N2CCOCC2)cc1. The van der Waals surface area contributed by atoms with Gasteiger partial charge in [0.1, 0.15) is 0 Å². The molecule has 7 nitrogen and oxygen atoms in total. The van der Waals surface area contributed by atoms with E-state index in [1.165, 1.54) is 0 Å². The lowest BCUT2D eigenvalue weighted by atomic mass is 10.1. The molecule has 2 aliphatic rings. The van der Waals surface area contributed by atoms with E-state index in [1.807, 2.05) is 29.2 Å². The summed E-state index contributed by atoms with van der Waals surface area (Å²) in [6.07, 6.45) is 0.759. The molecule has 2 N–H and O–H groups in total. The van der Waals surface area contributed by atoms with Crippen molar-refractivity contribution < 1.29 is 19.1 Å². The first-order chi connectivity index (χ1) is 12.2. The maximum absolute atomic E-state index is 12.2. The van der Waals surface area contributed by atoms with Crippen molar-refractivity contribution in [2.45, 2.75) is 18.9 Å². The van der Waals surface area contributed by atoms with Gasteiger partial charge >= 0.3 is 0 Å². The standard InChI is InChI=1S/C18H25N3O4.ClH/c22-17(12-16-13-25-8-5-19-16)20-15-3-1-14(2-4-15)11-18(23)21-6-9-24-10-7-21;/h1-4,16,19H,5-13H2,(H,20,22);1H. The lowest BCUT2D eigenvalue weighted by molar-refractivity contribution is -0.134. The minimum absolute atomic E-state index is 0. The van der Waals surface area contributed by atoms with E-state index in [0.717, 1.165) is 17.8 Å². The van der Waals surface area contributed by atoms with Crippen molar-refractivity contribution >= 4 is 29.9 Å². The molecule has 0 aliphatic carbocycles. The molecule has 0 spiro atoms. The van der Waals surface area contributed by atoms with Crippen molar-refractivity contribution in [3.8, 4) is 0 Å². The average Bonchev–Trinajstić information content (AvgIpc) is 2.65. The molecule has 1 unspecified atom stereocenters. The molecule has 0 radical (unpaired) electrons. The second kappa shape index (κ2) is 10.5. The molecule has 26 heavy (non-hydrogen) atoms. The van der Waals surface area contributed by atoms with E-state index in [9.17, 15) is 9.59 Å². The number of rotatable bonds is 5. The van der Waals surface area contributed by atoms with E-state index in [0.29, 0.717) is 52.4 Å². The maximum Gasteiger partial charge on any atom is 0.227 e. The first-order valence-corrected chi connectivity index (χ1v) is 8.76. The van der Waals surface area contributed by atoms with Crippen LogP contribution in [0.3, 0.4) is 0 Å². The van der Waals surface area contributed by atoms with E-state index < -0.39 is 0 Å². The third-order valence-electron chi connectivity index (χ3n) is 4.39. The lowest BCUT2D eigenvalue weighted by Gasteiger charge is -2.26. The summed E-state index contributed by atoms with van der Waals surface area (Å²) in [5.41, 5.74) is 1.68. The number of nitrogens with one attached hydrogen (secondary N) is 2. The summed E-state index contributed by atoms with van der Waals surface area (Å²) in [4.78, 5) is 26.1. The number of halogens is 1. The second-order valence-corrected chi connectivity index (χ2v) is 6.35. The smallest absolute Gasteiger partial charge is 0.227 e. The highest BCUT2D eigenvalue weighted by Gasteiger charge is 2.18. The highest BCUT2D eigenvalue weighted by molar-refractivity contribution is 5.91. The van der Waals surface area contributed by atoms with Crippen molar-refractivity contribution in [3.05, 3.63) is 29.8 Å². The van der Waals surface area contributed by atoms with Gasteiger partial charge in [0.05, 0.1) is 32.8 Å². The lowest BCUT2D eigenvalue weighted by Crippen LogP contribution is -2.43. The topological polar surface area (TPSA) is 79.9 Å². The fraction of sp³-hybridized carbons (Fsp3) is 0.556. The second-order valence-electron chi connectivity index (χ2n) is 6.35. The van der Waals surface area contributed by atoms with E-state index >= 15 is 0 Å². The van der Waals surface area contributed by atoms with Crippen molar-refractivity contribution in [1.82, 2.24) is 10.2 Å². The quantitative estimate of drug-likeness (QED) is 0.787. The monoisotopic (exact) mass is 383 g/mol. The average molecular weight is 384 g/mol. The molecule has 2 amide bonds. The number of hydrogen-bond donors (Lipinski definition) is 2. The zero-order chi connectivity index (χ0) is 17.5. The Morgan fingerprint density at radius 3 is 2.50 bits per heavy atom. The summed E-state index contributed by atoms with van der Waals surface area (Å²) in [7, 11) is 0. The van der Waals surface area contributed by atoms with Gasteiger partial charge in [-0.2, -0.15) is 0 Å². The van der Waals surface area contributed by atoms with Crippen molar-refractivity contribution in [3.63, 3.8) is 0 Å². The minimum atomic E-state index is -0.0415. The highest BCUT2D eigenvalue weighted by atomic mass is 35.5. The summed E-state index contributed by atoms with van der Waals surface area (Å²) in [6, 6.07) is 7.51. The Balaban J connectivity index is 0.00000243. The Bertz CT molecular complexity index is 585. The summed E-state index contributed by atoms with van der Waals surface area (Å²) >= 11 is 0. The van der Waals surface area contributed by atoms with Crippen LogP contribution in [0.2, 0.25) is 0 Å². The predicted molar refractivity (Wildman–Crippen MR) is 101 cm³/mol. The number of anilines is 1. The van der Waals surface area contributed by atoms with Crippen LogP contribution in [0.15, 0.2) is 24.3 Å². The molecule has 144 valence electrons. The van der Waals surface area contributed by atoms with Crippen LogP contribution in [0.5, 0.6) is 0 Å². The van der Waals surface area contributed by atoms with Crippen molar-refractivity contribution in [1.29, 1.82) is 0 Å². The summed E-state index contributed by atoms with van der Waals surface area (Å²) in [6.45, 7) is 4.58. The van der Waals surface area contributed by atoms with Gasteiger partial charge in [0.25, 0.3) is 0 Å². The van der Waals surface area contributed by atoms with Gasteiger partial charge in [-0.05, 0) is 17.7 Å². The van der Waals surface area contributed by atoms with Crippen LogP contribution < -0.4 is 10.6 Å². The van der Waals surface area contributed by atoms with Gasteiger partial charge < -0.3 is 25.0 Å². The summed E-state index contributed by atoms with van der Waals surface area (Å²) in [5, 5.41) is 6.15. The third kappa shape index (κ3) is 6.25. The Morgan fingerprint density at radius 1 is 1.12 bits per heavy atom. The van der Waals surface area contributed by atoms with Gasteiger partial charge in [-0.3, -0.25) is 9.59 Å². The van der Waals surface area contributed by atoms with Gasteiger partial charge in [0, 0.05) is 37.8 Å². The summed E-state index contributed by atoms with van der Waals surface area (Å²) in [5.74, 6) is 0.0728. The van der Waals surface area contributed by atoms with E-state index in [1.54, 1.807) is 0 Å². The molecule has 0 bridgehead atoms. The van der Waals surface area contributed by atoms with Crippen molar-refractivity contribution in [2.75, 3.05) is 51.4 Å². The number of benzene rings is 1. The highest BCUT2D eigenvalue weighted by Crippen LogP contribution is 2.12. The Hall–Kier alpha value is -1.67. The molecule has 2 fully saturated rings. The number of carbonyl (C=O) groups excluding carboxylic acids is 2. The molecule has 1 aromatic rings. The molecule has 1 aromatic carbocycles. The first kappa shape index (κ1) is 20.6. The zero-order valence-electron chi connectivity index (χ0n) is 14.7. The Morgan fingerprint density at radius 2 is 1.85 bits per heavy atom. The van der Waals surface area contributed by atoms with Gasteiger partial charge in [0.15, 0.2) is 0 Å². The number of hydrogen-bond acceptors (Lipinski definition) is 5. The largest absolute Gasteiger partial charge is 0.378 e. The number of carbonyl (C=O) groups is 2. The first-order valence-electron chi connectivity index (χ1n) is 8.76. The molecule has 2 heterocycles. The van der Waals surface area contributed by atoms with Crippen LogP contribution in [0.1, 0.15) is 12.0 Å². The van der Waals surface area contributed by atoms with Gasteiger partial charge in [-0.15, -0.1) is 12.4 Å². The predicted octanol–water partition coefficient (Wildman–Crippen LogP) is 0.827.